The van der Waals surface area contributed by atoms with E-state index in [0.29, 0.717) is 0 Å². The molecule has 0 heteroatoms. The molecule has 0 amide bonds. The molecule has 0 radical (unpaired) electrons. The fourth-order valence-electron chi connectivity index (χ4n) is 10.4. The Bertz CT molecular complexity index is 656. The fraction of sp³-hybridized carbons (Fsp3) is 0.692. The standard InChI is InChI=1S/C26H30/c1-2-14-4-3-13(1)21-17-9-10-18(22(14)21)26-20-12-11-19(25(17)26)23-15-5-7-16(8-6-15)24(20)23/h1-2,5,7,9-26H,3-4,6,8H2/t13-,14+,15-,16+,17-,18+,19+,20-,21-,22-,23+,24-,25?,26?/m0/s1. The van der Waals surface area contributed by atoms with E-state index < -0.39 is 0 Å². The normalized spacial score (nSPS) is 66.8. The molecule has 0 aromatic heterocycles. The predicted octanol–water partition coefficient (Wildman–Crippen LogP) is 5.51. The van der Waals surface area contributed by atoms with Gasteiger partial charge in [-0.25, -0.2) is 0 Å². The summed E-state index contributed by atoms with van der Waals surface area (Å²) in [5.41, 5.74) is 0. The molecule has 134 valence electrons. The van der Waals surface area contributed by atoms with Gasteiger partial charge in [0.15, 0.2) is 0 Å². The third-order valence-electron chi connectivity index (χ3n) is 10.9. The summed E-state index contributed by atoms with van der Waals surface area (Å²) in [5, 5.41) is 0. The molecule has 26 heavy (non-hydrogen) atoms. The van der Waals surface area contributed by atoms with Crippen molar-refractivity contribution in [3.05, 3.63) is 48.6 Å². The zero-order valence-corrected chi connectivity index (χ0v) is 15.5. The Morgan fingerprint density at radius 1 is 0.308 bits per heavy atom. The molecule has 12 aliphatic carbocycles. The highest BCUT2D eigenvalue weighted by molar-refractivity contribution is 5.32. The molecular formula is C26H30. The number of hydrogen-bond donors (Lipinski definition) is 0. The first kappa shape index (κ1) is 14.0. The number of hydrogen-bond acceptors (Lipinski definition) is 0. The van der Waals surface area contributed by atoms with Crippen molar-refractivity contribution in [1.82, 2.24) is 0 Å². The van der Waals surface area contributed by atoms with Crippen LogP contribution in [0.2, 0.25) is 0 Å². The maximum Gasteiger partial charge on any atom is -0.0159 e. The maximum absolute atomic E-state index is 2.74. The average Bonchev–Trinajstić information content (AvgIpc) is 2.76. The van der Waals surface area contributed by atoms with Gasteiger partial charge in [0.2, 0.25) is 0 Å². The van der Waals surface area contributed by atoms with Gasteiger partial charge >= 0.3 is 0 Å². The first-order chi connectivity index (χ1) is 12.9. The molecule has 0 heterocycles. The quantitative estimate of drug-likeness (QED) is 0.509. The minimum Gasteiger partial charge on any atom is -0.0848 e. The molecule has 8 bridgehead atoms. The zero-order valence-electron chi connectivity index (χ0n) is 15.5. The van der Waals surface area contributed by atoms with Gasteiger partial charge in [-0.1, -0.05) is 48.6 Å². The molecule has 4 fully saturated rings. The molecule has 0 nitrogen and oxygen atoms in total. The Morgan fingerprint density at radius 2 is 0.577 bits per heavy atom. The second-order valence-electron chi connectivity index (χ2n) is 11.1. The van der Waals surface area contributed by atoms with Gasteiger partial charge < -0.3 is 0 Å². The third-order valence-corrected chi connectivity index (χ3v) is 10.9. The van der Waals surface area contributed by atoms with Crippen LogP contribution in [0.4, 0.5) is 0 Å². The Balaban J connectivity index is 1.29. The highest BCUT2D eigenvalue weighted by Crippen LogP contribution is 2.71. The second kappa shape index (κ2) is 4.50. The summed E-state index contributed by atoms with van der Waals surface area (Å²) in [6.07, 6.45) is 27.5. The van der Waals surface area contributed by atoms with Crippen molar-refractivity contribution >= 4 is 0 Å². The lowest BCUT2D eigenvalue weighted by Gasteiger charge is -2.70. The van der Waals surface area contributed by atoms with E-state index in [4.69, 9.17) is 0 Å². The summed E-state index contributed by atoms with van der Waals surface area (Å²) >= 11 is 0. The van der Waals surface area contributed by atoms with Crippen molar-refractivity contribution in [2.24, 2.45) is 82.9 Å². The van der Waals surface area contributed by atoms with Crippen molar-refractivity contribution in [3.8, 4) is 0 Å². The van der Waals surface area contributed by atoms with E-state index in [2.05, 4.69) is 48.6 Å². The van der Waals surface area contributed by atoms with Crippen molar-refractivity contribution in [2.45, 2.75) is 25.7 Å². The molecule has 0 aliphatic heterocycles. The van der Waals surface area contributed by atoms with E-state index in [-0.39, 0.29) is 0 Å². The molecule has 0 aromatic rings. The lowest BCUT2D eigenvalue weighted by atomic mass is 9.34. The van der Waals surface area contributed by atoms with Crippen LogP contribution in [0.1, 0.15) is 25.7 Å². The Morgan fingerprint density at radius 3 is 0.808 bits per heavy atom. The highest BCUT2D eigenvalue weighted by atomic mass is 14.7. The first-order valence-corrected chi connectivity index (χ1v) is 11.6. The van der Waals surface area contributed by atoms with Crippen molar-refractivity contribution in [3.63, 3.8) is 0 Å². The van der Waals surface area contributed by atoms with E-state index in [1.807, 2.05) is 0 Å². The van der Waals surface area contributed by atoms with Gasteiger partial charge in [-0.3, -0.25) is 0 Å². The number of fused-ring (bicyclic) bond motifs is 2. The minimum atomic E-state index is 0.899. The molecule has 12 rings (SSSR count). The van der Waals surface area contributed by atoms with Gasteiger partial charge in [0, 0.05) is 0 Å². The van der Waals surface area contributed by atoms with Gasteiger partial charge in [0.05, 0.1) is 0 Å². The SMILES string of the molecule is C1=C[C@H]2CC[C@@H]1[C@@H]1[C@H]2[C@H]2C=C[C@@H]1C1C2[C@H]2C=C[C@@H]1[C@H]1[C@H]2[C@H]2C=C[C@@H]1CC2. The van der Waals surface area contributed by atoms with Crippen LogP contribution < -0.4 is 0 Å². The van der Waals surface area contributed by atoms with Crippen LogP contribution in [-0.2, 0) is 0 Å². The highest BCUT2D eigenvalue weighted by Gasteiger charge is 2.66. The molecule has 14 atom stereocenters. The Kier molecular flexibility index (Phi) is 2.43. The van der Waals surface area contributed by atoms with Gasteiger partial charge in [0.1, 0.15) is 0 Å². The lowest BCUT2D eigenvalue weighted by molar-refractivity contribution is -0.162. The smallest absolute Gasteiger partial charge is 0.0159 e. The van der Waals surface area contributed by atoms with Crippen LogP contribution in [-0.4, -0.2) is 0 Å². The third kappa shape index (κ3) is 1.40. The zero-order chi connectivity index (χ0) is 16.6. The summed E-state index contributed by atoms with van der Waals surface area (Å²) in [6.45, 7) is 0. The average molecular weight is 343 g/mol. The van der Waals surface area contributed by atoms with E-state index >= 15 is 0 Å². The van der Waals surface area contributed by atoms with E-state index in [0.717, 1.165) is 82.9 Å². The van der Waals surface area contributed by atoms with Crippen LogP contribution in [0.3, 0.4) is 0 Å². The van der Waals surface area contributed by atoms with Gasteiger partial charge in [-0.2, -0.15) is 0 Å². The molecule has 2 unspecified atom stereocenters. The summed E-state index contributed by atoms with van der Waals surface area (Å²) in [7, 11) is 0. The molecule has 0 N–H and O–H groups in total. The summed E-state index contributed by atoms with van der Waals surface area (Å²) in [6, 6.07) is 0. The monoisotopic (exact) mass is 342 g/mol. The van der Waals surface area contributed by atoms with Crippen LogP contribution in [0, 0.1) is 82.9 Å². The molecular weight excluding hydrogens is 312 g/mol. The van der Waals surface area contributed by atoms with Crippen LogP contribution >= 0.6 is 0 Å². The molecule has 4 saturated carbocycles. The van der Waals surface area contributed by atoms with Gasteiger partial charge in [-0.15, -0.1) is 0 Å². The van der Waals surface area contributed by atoms with E-state index in [1.54, 1.807) is 0 Å². The molecule has 0 aromatic carbocycles. The van der Waals surface area contributed by atoms with Crippen LogP contribution in [0.25, 0.3) is 0 Å². The number of allylic oxidation sites excluding steroid dienone is 8. The van der Waals surface area contributed by atoms with E-state index in [9.17, 15) is 0 Å². The summed E-state index contributed by atoms with van der Waals surface area (Å²) < 4.78 is 0. The lowest BCUT2D eigenvalue weighted by Crippen LogP contribution is -2.65. The largest absolute Gasteiger partial charge is 0.0848 e. The predicted molar refractivity (Wildman–Crippen MR) is 104 cm³/mol. The van der Waals surface area contributed by atoms with Crippen molar-refractivity contribution in [2.75, 3.05) is 0 Å². The molecule has 0 spiro atoms. The fourth-order valence-corrected chi connectivity index (χ4v) is 10.4. The second-order valence-corrected chi connectivity index (χ2v) is 11.1. The maximum atomic E-state index is 2.74. The van der Waals surface area contributed by atoms with Gasteiger partial charge in [-0.05, 0) is 109 Å². The Labute approximate surface area is 157 Å². The number of rotatable bonds is 0. The summed E-state index contributed by atoms with van der Waals surface area (Å²) in [5.74, 6) is 13.2. The topological polar surface area (TPSA) is 0 Å². The van der Waals surface area contributed by atoms with Crippen LogP contribution in [0.5, 0.6) is 0 Å². The Hall–Kier alpha value is -1.04. The molecule has 12 aliphatic rings. The van der Waals surface area contributed by atoms with Crippen molar-refractivity contribution in [1.29, 1.82) is 0 Å². The van der Waals surface area contributed by atoms with E-state index in [1.165, 1.54) is 25.7 Å². The van der Waals surface area contributed by atoms with Crippen LogP contribution in [0.15, 0.2) is 48.6 Å². The van der Waals surface area contributed by atoms with Crippen molar-refractivity contribution < 1.29 is 0 Å². The minimum absolute atomic E-state index is 0.899. The molecule has 0 saturated heterocycles. The van der Waals surface area contributed by atoms with Gasteiger partial charge in [0.25, 0.3) is 0 Å². The summed E-state index contributed by atoms with van der Waals surface area (Å²) in [4.78, 5) is 0. The first-order valence-electron chi connectivity index (χ1n) is 11.6.